The molecule has 1 fully saturated rings. The maximum Gasteiger partial charge on any atom is 0.0679 e. The molecule has 0 saturated carbocycles. The Morgan fingerprint density at radius 2 is 2.00 bits per heavy atom. The van der Waals surface area contributed by atoms with Gasteiger partial charge in [0.1, 0.15) is 0 Å². The van der Waals surface area contributed by atoms with Crippen LogP contribution in [0, 0.1) is 5.41 Å². The quantitative estimate of drug-likeness (QED) is 0.693. The maximum absolute atomic E-state index is 9.41. The molecule has 1 heterocycles. The van der Waals surface area contributed by atoms with Crippen LogP contribution in [0.4, 0.5) is 0 Å². The third kappa shape index (κ3) is 2.69. The van der Waals surface area contributed by atoms with Gasteiger partial charge in [-0.15, -0.1) is 0 Å². The summed E-state index contributed by atoms with van der Waals surface area (Å²) in [5, 5.41) is 18.8. The molecule has 0 aliphatic carbocycles. The number of aliphatic hydroxyl groups excluding tert-OH is 2. The van der Waals surface area contributed by atoms with Gasteiger partial charge >= 0.3 is 0 Å². The van der Waals surface area contributed by atoms with E-state index in [4.69, 9.17) is 0 Å². The minimum Gasteiger partial charge on any atom is -0.396 e. The molecule has 0 aromatic rings. The minimum atomic E-state index is -0.153. The van der Waals surface area contributed by atoms with Crippen LogP contribution in [0.1, 0.15) is 33.1 Å². The summed E-state index contributed by atoms with van der Waals surface area (Å²) in [6, 6.07) is 0. The smallest absolute Gasteiger partial charge is 0.0679 e. The number of hydrogen-bond acceptors (Lipinski definition) is 3. The Labute approximate surface area is 86.7 Å². The summed E-state index contributed by atoms with van der Waals surface area (Å²) in [5.41, 5.74) is 0.0457. The molecule has 0 radical (unpaired) electrons. The Kier molecular flexibility index (Phi) is 4.35. The van der Waals surface area contributed by atoms with Crippen LogP contribution in [-0.2, 0) is 0 Å². The first kappa shape index (κ1) is 12.0. The van der Waals surface area contributed by atoms with E-state index < -0.39 is 0 Å². The largest absolute Gasteiger partial charge is 0.396 e. The van der Waals surface area contributed by atoms with Crippen LogP contribution in [0.15, 0.2) is 0 Å². The van der Waals surface area contributed by atoms with E-state index in [2.05, 4.69) is 18.7 Å². The van der Waals surface area contributed by atoms with Gasteiger partial charge in [-0.1, -0.05) is 13.8 Å². The summed E-state index contributed by atoms with van der Waals surface area (Å²) in [6.45, 7) is 7.20. The minimum absolute atomic E-state index is 0.0457. The fraction of sp³-hybridized carbons (Fsp3) is 1.00. The molecule has 1 saturated heterocycles. The average Bonchev–Trinajstić information content (AvgIpc) is 2.61. The molecule has 0 aromatic carbocycles. The molecule has 84 valence electrons. The summed E-state index contributed by atoms with van der Waals surface area (Å²) in [6.07, 6.45) is 2.74. The highest BCUT2D eigenvalue weighted by atomic mass is 16.3. The van der Waals surface area contributed by atoms with Crippen LogP contribution in [0.25, 0.3) is 0 Å². The van der Waals surface area contributed by atoms with Crippen molar-refractivity contribution in [3.8, 4) is 0 Å². The second kappa shape index (κ2) is 5.10. The molecular formula is C11H23NO2. The van der Waals surface area contributed by atoms with E-state index in [1.165, 1.54) is 0 Å². The molecule has 0 bridgehead atoms. The lowest BCUT2D eigenvalue weighted by atomic mass is 9.83. The van der Waals surface area contributed by atoms with Gasteiger partial charge < -0.3 is 15.1 Å². The van der Waals surface area contributed by atoms with Gasteiger partial charge in [0.15, 0.2) is 0 Å². The number of rotatable bonds is 5. The zero-order valence-electron chi connectivity index (χ0n) is 9.37. The van der Waals surface area contributed by atoms with Gasteiger partial charge in [0.05, 0.1) is 6.10 Å². The highest BCUT2D eigenvalue weighted by molar-refractivity contribution is 4.84. The van der Waals surface area contributed by atoms with Crippen molar-refractivity contribution >= 4 is 0 Å². The lowest BCUT2D eigenvalue weighted by Gasteiger charge is -2.33. The van der Waals surface area contributed by atoms with Crippen molar-refractivity contribution < 1.29 is 10.2 Å². The Hall–Kier alpha value is -0.120. The second-order valence-corrected chi connectivity index (χ2v) is 4.54. The molecule has 14 heavy (non-hydrogen) atoms. The first-order valence-corrected chi connectivity index (χ1v) is 5.67. The average molecular weight is 201 g/mol. The molecule has 1 atom stereocenters. The molecule has 3 heteroatoms. The monoisotopic (exact) mass is 201 g/mol. The van der Waals surface area contributed by atoms with Gasteiger partial charge in [-0.25, -0.2) is 0 Å². The molecule has 1 aliphatic rings. The number of hydrogen-bond donors (Lipinski definition) is 2. The van der Waals surface area contributed by atoms with Crippen LogP contribution < -0.4 is 0 Å². The van der Waals surface area contributed by atoms with Crippen molar-refractivity contribution in [3.05, 3.63) is 0 Å². The number of likely N-dealkylation sites (tertiary alicyclic amines) is 1. The molecule has 0 aromatic heterocycles. The van der Waals surface area contributed by atoms with Crippen LogP contribution in [0.2, 0.25) is 0 Å². The van der Waals surface area contributed by atoms with E-state index in [-0.39, 0.29) is 18.1 Å². The highest BCUT2D eigenvalue weighted by Gasteiger charge is 2.31. The molecule has 0 spiro atoms. The van der Waals surface area contributed by atoms with Gasteiger partial charge in [-0.05, 0) is 19.3 Å². The summed E-state index contributed by atoms with van der Waals surface area (Å²) in [7, 11) is 0. The Morgan fingerprint density at radius 3 is 2.36 bits per heavy atom. The third-order valence-electron chi connectivity index (χ3n) is 3.64. The second-order valence-electron chi connectivity index (χ2n) is 4.54. The molecule has 2 N–H and O–H groups in total. The van der Waals surface area contributed by atoms with Crippen molar-refractivity contribution in [2.45, 2.75) is 39.2 Å². The van der Waals surface area contributed by atoms with Gasteiger partial charge in [0.2, 0.25) is 0 Å². The molecule has 1 rings (SSSR count). The number of nitrogens with zero attached hydrogens (tertiary/aromatic N) is 1. The van der Waals surface area contributed by atoms with Crippen molar-refractivity contribution in [1.82, 2.24) is 4.90 Å². The molecule has 0 amide bonds. The van der Waals surface area contributed by atoms with Crippen LogP contribution in [0.5, 0.6) is 0 Å². The van der Waals surface area contributed by atoms with Crippen molar-refractivity contribution in [2.24, 2.45) is 5.41 Å². The SMILES string of the molecule is CCC(CC)(CO)CN1CCC(O)C1. The first-order chi connectivity index (χ1) is 6.65. The van der Waals surface area contributed by atoms with E-state index in [9.17, 15) is 10.2 Å². The lowest BCUT2D eigenvalue weighted by Crippen LogP contribution is -2.38. The Bertz CT molecular complexity index is 160. The molecule has 1 aliphatic heterocycles. The van der Waals surface area contributed by atoms with E-state index in [1.807, 2.05) is 0 Å². The van der Waals surface area contributed by atoms with Crippen LogP contribution >= 0.6 is 0 Å². The predicted octanol–water partition coefficient (Wildman–Crippen LogP) is 0.852. The van der Waals surface area contributed by atoms with Crippen molar-refractivity contribution in [3.63, 3.8) is 0 Å². The summed E-state index contributed by atoms with van der Waals surface area (Å²) in [4.78, 5) is 2.27. The normalized spacial score (nSPS) is 24.4. The van der Waals surface area contributed by atoms with Crippen molar-refractivity contribution in [1.29, 1.82) is 0 Å². The molecule has 3 nitrogen and oxygen atoms in total. The zero-order valence-corrected chi connectivity index (χ0v) is 9.37. The highest BCUT2D eigenvalue weighted by Crippen LogP contribution is 2.28. The third-order valence-corrected chi connectivity index (χ3v) is 3.64. The van der Waals surface area contributed by atoms with E-state index in [1.54, 1.807) is 0 Å². The Morgan fingerprint density at radius 1 is 1.36 bits per heavy atom. The van der Waals surface area contributed by atoms with Gasteiger partial charge in [0, 0.05) is 31.7 Å². The molecular weight excluding hydrogens is 178 g/mol. The van der Waals surface area contributed by atoms with Crippen LogP contribution in [-0.4, -0.2) is 47.5 Å². The lowest BCUT2D eigenvalue weighted by molar-refractivity contribution is 0.0686. The summed E-state index contributed by atoms with van der Waals surface area (Å²) < 4.78 is 0. The van der Waals surface area contributed by atoms with Gasteiger partial charge in [-0.2, -0.15) is 0 Å². The summed E-state index contributed by atoms with van der Waals surface area (Å²) in [5.74, 6) is 0. The first-order valence-electron chi connectivity index (χ1n) is 5.67. The molecule has 1 unspecified atom stereocenters. The fourth-order valence-electron chi connectivity index (χ4n) is 2.18. The van der Waals surface area contributed by atoms with Crippen molar-refractivity contribution in [2.75, 3.05) is 26.2 Å². The van der Waals surface area contributed by atoms with Crippen LogP contribution in [0.3, 0.4) is 0 Å². The number of β-amino-alcohol motifs (C(OH)–C–C–N with tert-alkyl or cyclic N) is 1. The van der Waals surface area contributed by atoms with E-state index >= 15 is 0 Å². The number of aliphatic hydroxyl groups is 2. The fourth-order valence-corrected chi connectivity index (χ4v) is 2.18. The zero-order chi connectivity index (χ0) is 10.6. The van der Waals surface area contributed by atoms with Gasteiger partial charge in [0.25, 0.3) is 0 Å². The Balaban J connectivity index is 2.47. The van der Waals surface area contributed by atoms with Gasteiger partial charge in [-0.3, -0.25) is 0 Å². The standard InChI is InChI=1S/C11H23NO2/c1-3-11(4-2,9-13)8-12-6-5-10(14)7-12/h10,13-14H,3-9H2,1-2H3. The van der Waals surface area contributed by atoms with E-state index in [0.29, 0.717) is 0 Å². The van der Waals surface area contributed by atoms with E-state index in [0.717, 1.165) is 38.9 Å². The maximum atomic E-state index is 9.41. The predicted molar refractivity (Wildman–Crippen MR) is 57.2 cm³/mol. The topological polar surface area (TPSA) is 43.7 Å². The summed E-state index contributed by atoms with van der Waals surface area (Å²) >= 11 is 0.